The minimum atomic E-state index is 0.152. The molecule has 0 spiro atoms. The Morgan fingerprint density at radius 2 is 1.74 bits per heavy atom. The lowest BCUT2D eigenvalue weighted by atomic mass is 9.72. The highest BCUT2D eigenvalue weighted by Gasteiger charge is 2.37. The molecule has 1 heterocycles. The maximum atomic E-state index is 12.7. The highest BCUT2D eigenvalue weighted by atomic mass is 16.2. The normalized spacial score (nSPS) is 37.4. The smallest absolute Gasteiger partial charge is 0.226 e. The quantitative estimate of drug-likeness (QED) is 0.817. The summed E-state index contributed by atoms with van der Waals surface area (Å²) in [5.41, 5.74) is 6.16. The molecule has 1 saturated heterocycles. The minimum absolute atomic E-state index is 0.152. The average Bonchev–Trinajstić information content (AvgIpc) is 2.42. The molecule has 2 fully saturated rings. The van der Waals surface area contributed by atoms with Crippen molar-refractivity contribution in [1.29, 1.82) is 0 Å². The predicted molar refractivity (Wildman–Crippen MR) is 77.7 cm³/mol. The molecule has 19 heavy (non-hydrogen) atoms. The largest absolute Gasteiger partial charge is 0.340 e. The topological polar surface area (TPSA) is 49.6 Å². The lowest BCUT2D eigenvalue weighted by Crippen LogP contribution is -2.53. The molecule has 1 aliphatic carbocycles. The summed E-state index contributed by atoms with van der Waals surface area (Å²) >= 11 is 0. The van der Waals surface area contributed by atoms with E-state index in [4.69, 9.17) is 5.73 Å². The summed E-state index contributed by atoms with van der Waals surface area (Å²) in [4.78, 5) is 17.1. The SMILES string of the molecule is CCN1CCN(C(=O)C2CC(N)C(C)CC2C)CC1. The monoisotopic (exact) mass is 267 g/mol. The van der Waals surface area contributed by atoms with Gasteiger partial charge in [-0.15, -0.1) is 0 Å². The molecule has 110 valence electrons. The number of nitrogens with zero attached hydrogens (tertiary/aromatic N) is 2. The Bertz CT molecular complexity index is 313. The fourth-order valence-corrected chi connectivity index (χ4v) is 3.55. The Kier molecular flexibility index (Phi) is 4.85. The van der Waals surface area contributed by atoms with Crippen molar-refractivity contribution >= 4 is 5.91 Å². The van der Waals surface area contributed by atoms with Crippen LogP contribution in [0.1, 0.15) is 33.6 Å². The molecule has 2 N–H and O–H groups in total. The van der Waals surface area contributed by atoms with Crippen LogP contribution in [0.25, 0.3) is 0 Å². The molecule has 0 bridgehead atoms. The number of amides is 1. The van der Waals surface area contributed by atoms with Gasteiger partial charge in [-0.2, -0.15) is 0 Å². The van der Waals surface area contributed by atoms with Crippen molar-refractivity contribution < 1.29 is 4.79 Å². The van der Waals surface area contributed by atoms with Crippen molar-refractivity contribution in [3.8, 4) is 0 Å². The van der Waals surface area contributed by atoms with Gasteiger partial charge in [0.1, 0.15) is 0 Å². The maximum Gasteiger partial charge on any atom is 0.226 e. The molecule has 4 nitrogen and oxygen atoms in total. The number of carbonyl (C=O) groups excluding carboxylic acids is 1. The third kappa shape index (κ3) is 3.29. The number of likely N-dealkylation sites (N-methyl/N-ethyl adjacent to an activating group) is 1. The van der Waals surface area contributed by atoms with Gasteiger partial charge in [0.2, 0.25) is 5.91 Å². The molecule has 4 atom stereocenters. The molecule has 0 aromatic rings. The van der Waals surface area contributed by atoms with E-state index in [9.17, 15) is 4.79 Å². The van der Waals surface area contributed by atoms with E-state index in [0.29, 0.717) is 17.7 Å². The standard InChI is InChI=1S/C15H29N3O/c1-4-17-5-7-18(8-6-17)15(19)13-10-14(16)12(3)9-11(13)2/h11-14H,4-10,16H2,1-3H3. The summed E-state index contributed by atoms with van der Waals surface area (Å²) in [5.74, 6) is 1.53. The first-order valence-electron chi connectivity index (χ1n) is 7.79. The van der Waals surface area contributed by atoms with Crippen molar-refractivity contribution in [1.82, 2.24) is 9.80 Å². The van der Waals surface area contributed by atoms with E-state index >= 15 is 0 Å². The third-order valence-electron chi connectivity index (χ3n) is 5.14. The highest BCUT2D eigenvalue weighted by molar-refractivity contribution is 5.79. The van der Waals surface area contributed by atoms with Gasteiger partial charge in [-0.05, 0) is 31.2 Å². The third-order valence-corrected chi connectivity index (χ3v) is 5.14. The van der Waals surface area contributed by atoms with Crippen molar-refractivity contribution in [2.45, 2.75) is 39.7 Å². The van der Waals surface area contributed by atoms with E-state index in [-0.39, 0.29) is 12.0 Å². The molecule has 1 amide bonds. The zero-order valence-electron chi connectivity index (χ0n) is 12.6. The fourth-order valence-electron chi connectivity index (χ4n) is 3.55. The molecule has 0 aromatic carbocycles. The second-order valence-electron chi connectivity index (χ2n) is 6.46. The number of hydrogen-bond acceptors (Lipinski definition) is 3. The van der Waals surface area contributed by atoms with Crippen LogP contribution in [0.5, 0.6) is 0 Å². The first-order chi connectivity index (χ1) is 9.02. The Morgan fingerprint density at radius 3 is 2.32 bits per heavy atom. The summed E-state index contributed by atoms with van der Waals surface area (Å²) in [6.45, 7) is 11.5. The van der Waals surface area contributed by atoms with Gasteiger partial charge in [-0.25, -0.2) is 0 Å². The van der Waals surface area contributed by atoms with Gasteiger partial charge >= 0.3 is 0 Å². The van der Waals surface area contributed by atoms with Crippen molar-refractivity contribution in [2.75, 3.05) is 32.7 Å². The number of piperazine rings is 1. The van der Waals surface area contributed by atoms with Gasteiger partial charge in [-0.1, -0.05) is 20.8 Å². The predicted octanol–water partition coefficient (Wildman–Crippen LogP) is 1.16. The van der Waals surface area contributed by atoms with Crippen LogP contribution in [0, 0.1) is 17.8 Å². The maximum absolute atomic E-state index is 12.7. The first-order valence-corrected chi connectivity index (χ1v) is 7.79. The first kappa shape index (κ1) is 14.8. The van der Waals surface area contributed by atoms with Gasteiger partial charge in [0.25, 0.3) is 0 Å². The summed E-state index contributed by atoms with van der Waals surface area (Å²) in [6.07, 6.45) is 1.96. The lowest BCUT2D eigenvalue weighted by molar-refractivity contribution is -0.140. The Morgan fingerprint density at radius 1 is 1.11 bits per heavy atom. The average molecular weight is 267 g/mol. The van der Waals surface area contributed by atoms with Gasteiger partial charge in [0.05, 0.1) is 0 Å². The molecule has 2 rings (SSSR count). The van der Waals surface area contributed by atoms with Crippen LogP contribution in [0.15, 0.2) is 0 Å². The van der Waals surface area contributed by atoms with Crippen LogP contribution >= 0.6 is 0 Å². The van der Waals surface area contributed by atoms with E-state index in [0.717, 1.165) is 45.6 Å². The van der Waals surface area contributed by atoms with Crippen molar-refractivity contribution in [2.24, 2.45) is 23.5 Å². The summed E-state index contributed by atoms with van der Waals surface area (Å²) < 4.78 is 0. The molecular formula is C15H29N3O. The molecule has 1 saturated carbocycles. The number of hydrogen-bond donors (Lipinski definition) is 1. The molecule has 4 unspecified atom stereocenters. The summed E-state index contributed by atoms with van der Waals surface area (Å²) in [5, 5.41) is 0. The van der Waals surface area contributed by atoms with Gasteiger partial charge < -0.3 is 15.5 Å². The van der Waals surface area contributed by atoms with Crippen LogP contribution in [-0.2, 0) is 4.79 Å². The van der Waals surface area contributed by atoms with Gasteiger partial charge in [-0.3, -0.25) is 4.79 Å². The number of rotatable bonds is 2. The fraction of sp³-hybridized carbons (Fsp3) is 0.933. The van der Waals surface area contributed by atoms with Gasteiger partial charge in [0.15, 0.2) is 0 Å². The van der Waals surface area contributed by atoms with E-state index in [2.05, 4.69) is 30.6 Å². The van der Waals surface area contributed by atoms with E-state index in [1.165, 1.54) is 0 Å². The van der Waals surface area contributed by atoms with Crippen LogP contribution in [0.4, 0.5) is 0 Å². The number of carbonyl (C=O) groups is 1. The van der Waals surface area contributed by atoms with Crippen molar-refractivity contribution in [3.05, 3.63) is 0 Å². The zero-order chi connectivity index (χ0) is 14.0. The van der Waals surface area contributed by atoms with Crippen molar-refractivity contribution in [3.63, 3.8) is 0 Å². The highest BCUT2D eigenvalue weighted by Crippen LogP contribution is 2.34. The Labute approximate surface area is 117 Å². The van der Waals surface area contributed by atoms with Crippen LogP contribution in [-0.4, -0.2) is 54.5 Å². The molecule has 0 radical (unpaired) electrons. The zero-order valence-corrected chi connectivity index (χ0v) is 12.6. The van der Waals surface area contributed by atoms with E-state index in [1.54, 1.807) is 0 Å². The molecular weight excluding hydrogens is 238 g/mol. The van der Waals surface area contributed by atoms with Crippen LogP contribution in [0.2, 0.25) is 0 Å². The second-order valence-corrected chi connectivity index (χ2v) is 6.46. The van der Waals surface area contributed by atoms with E-state index < -0.39 is 0 Å². The van der Waals surface area contributed by atoms with Crippen LogP contribution in [0.3, 0.4) is 0 Å². The lowest BCUT2D eigenvalue weighted by Gasteiger charge is -2.41. The Hall–Kier alpha value is -0.610. The summed E-state index contributed by atoms with van der Waals surface area (Å²) in [7, 11) is 0. The molecule has 4 heteroatoms. The van der Waals surface area contributed by atoms with Gasteiger partial charge in [0, 0.05) is 38.1 Å². The Balaban J connectivity index is 1.92. The molecule has 1 aliphatic heterocycles. The van der Waals surface area contributed by atoms with Crippen LogP contribution < -0.4 is 5.73 Å². The minimum Gasteiger partial charge on any atom is -0.340 e. The number of nitrogens with two attached hydrogens (primary N) is 1. The van der Waals surface area contributed by atoms with E-state index in [1.807, 2.05) is 0 Å². The second kappa shape index (κ2) is 6.23. The summed E-state index contributed by atoms with van der Waals surface area (Å²) in [6, 6.07) is 0.196. The molecule has 2 aliphatic rings. The molecule has 0 aromatic heterocycles.